The highest BCUT2D eigenvalue weighted by Crippen LogP contribution is 2.58. The molecule has 3 aromatic heterocycles. The van der Waals surface area contributed by atoms with Gasteiger partial charge in [0.25, 0.3) is 0 Å². The third-order valence-electron chi connectivity index (χ3n) is 13.4. The van der Waals surface area contributed by atoms with E-state index in [1.165, 1.54) is 20.4 Å². The lowest BCUT2D eigenvalue weighted by Gasteiger charge is -2.30. The summed E-state index contributed by atoms with van der Waals surface area (Å²) in [7, 11) is 2.57. The van der Waals surface area contributed by atoms with Crippen LogP contribution in [-0.2, 0) is 19.1 Å². The predicted molar refractivity (Wildman–Crippen MR) is 249 cm³/mol. The molecule has 348 valence electrons. The van der Waals surface area contributed by atoms with E-state index in [1.54, 1.807) is 23.5 Å². The number of fused-ring (bicyclic) bond motifs is 1. The molecule has 1 aliphatic carbocycles. The van der Waals surface area contributed by atoms with Gasteiger partial charge < -0.3 is 44.6 Å². The normalized spacial score (nSPS) is 19.4. The second-order valence-electron chi connectivity index (χ2n) is 18.6. The molecule has 2 aliphatic heterocycles. The molecule has 17 nitrogen and oxygen atoms in total. The number of hydrogen-bond donors (Lipinski definition) is 4. The molecule has 67 heavy (non-hydrogen) atoms. The number of benzene rings is 3. The lowest BCUT2D eigenvalue weighted by molar-refractivity contribution is -0.136. The Kier molecular flexibility index (Phi) is 12.4. The summed E-state index contributed by atoms with van der Waals surface area (Å²) >= 11 is 0. The topological polar surface area (TPSA) is 210 Å². The van der Waals surface area contributed by atoms with Gasteiger partial charge in [-0.05, 0) is 76.1 Å². The monoisotopic (exact) mass is 908 g/mol. The summed E-state index contributed by atoms with van der Waals surface area (Å²) in [6.07, 6.45) is 10.0. The van der Waals surface area contributed by atoms with E-state index in [1.807, 2.05) is 50.9 Å². The lowest BCUT2D eigenvalue weighted by Crippen LogP contribution is -2.51. The molecule has 6 aromatic rings. The van der Waals surface area contributed by atoms with Crippen molar-refractivity contribution in [2.75, 3.05) is 27.3 Å². The molecule has 4 amide bonds. The molecule has 3 fully saturated rings. The number of methoxy groups -OCH3 is 2. The number of alkyl carbamates (subject to hydrolysis) is 2. The number of rotatable bonds is 13. The minimum Gasteiger partial charge on any atom is -0.471 e. The molecule has 3 aliphatic rings. The number of H-pyrrole nitrogens is 2. The number of carbonyl (C=O) groups is 4. The van der Waals surface area contributed by atoms with Crippen LogP contribution in [0.3, 0.4) is 0 Å². The number of imidazole rings is 2. The molecule has 5 heterocycles. The van der Waals surface area contributed by atoms with Crippen molar-refractivity contribution >= 4 is 34.8 Å². The van der Waals surface area contributed by atoms with Gasteiger partial charge in [0, 0.05) is 30.9 Å². The largest absolute Gasteiger partial charge is 0.471 e. The number of nitrogens with one attached hydrogen (secondary N) is 4. The van der Waals surface area contributed by atoms with E-state index >= 15 is 0 Å². The molecule has 1 saturated carbocycles. The summed E-state index contributed by atoms with van der Waals surface area (Å²) in [5.41, 5.74) is 5.80. The lowest BCUT2D eigenvalue weighted by atomic mass is 9.98. The zero-order valence-corrected chi connectivity index (χ0v) is 38.5. The van der Waals surface area contributed by atoms with Gasteiger partial charge in [-0.25, -0.2) is 24.5 Å². The fourth-order valence-corrected chi connectivity index (χ4v) is 9.47. The standard InChI is InChI=1S/C50H56N10O7/c1-28(2)42(57-48(63)65-5)46(61)59-26-36(67-41-25-51-17-18-52-41)21-39(59)44-53-23-37(55-44)31-9-7-30(8-10-31)32-11-12-34-20-35(14-13-33(34)19-32)38-24-54-45(56-38)40-22-50(15-16-50)27-60(40)47(62)43(29(3)4)58-49(64)66-6/h7-14,17-20,23-25,28-29,36,39-40,42-43H,15-16,21-22,26-27H2,1-6H3,(H,53,55)(H,54,56)(H,57,63)(H,58,64)/t36-,39-,40-,42-,43?/m0/s1. The number of carbonyl (C=O) groups excluding carboxylic acids is 4. The van der Waals surface area contributed by atoms with Crippen LogP contribution in [0, 0.1) is 17.3 Å². The number of amides is 4. The molecule has 1 unspecified atom stereocenters. The minimum atomic E-state index is -0.819. The fraction of sp³-hybridized carbons (Fsp3) is 0.400. The molecule has 9 rings (SSSR count). The quantitative estimate of drug-likeness (QED) is 0.0886. The van der Waals surface area contributed by atoms with Crippen LogP contribution in [0.4, 0.5) is 9.59 Å². The average Bonchev–Trinajstić information content (AvgIpc) is 3.83. The molecule has 0 bridgehead atoms. The minimum absolute atomic E-state index is 0.107. The Balaban J connectivity index is 0.898. The molecular weight excluding hydrogens is 853 g/mol. The van der Waals surface area contributed by atoms with E-state index in [9.17, 15) is 19.2 Å². The van der Waals surface area contributed by atoms with Crippen LogP contribution < -0.4 is 15.4 Å². The van der Waals surface area contributed by atoms with Gasteiger partial charge in [0.2, 0.25) is 17.7 Å². The molecule has 4 N–H and O–H groups in total. The first-order chi connectivity index (χ1) is 32.3. The number of likely N-dealkylation sites (tertiary alicyclic amines) is 2. The van der Waals surface area contributed by atoms with Crippen molar-refractivity contribution in [2.24, 2.45) is 17.3 Å². The van der Waals surface area contributed by atoms with Crippen LogP contribution in [0.1, 0.15) is 77.1 Å². The number of ether oxygens (including phenoxy) is 3. The van der Waals surface area contributed by atoms with Crippen molar-refractivity contribution in [1.82, 2.24) is 50.3 Å². The molecule has 5 atom stereocenters. The van der Waals surface area contributed by atoms with Crippen molar-refractivity contribution in [2.45, 2.75) is 83.6 Å². The van der Waals surface area contributed by atoms with Crippen molar-refractivity contribution in [3.63, 3.8) is 0 Å². The predicted octanol–water partition coefficient (Wildman–Crippen LogP) is 7.61. The van der Waals surface area contributed by atoms with Gasteiger partial charge in [-0.2, -0.15) is 0 Å². The molecule has 1 spiro atoms. The molecular formula is C50H56N10O7. The molecule has 0 radical (unpaired) electrons. The zero-order valence-electron chi connectivity index (χ0n) is 38.5. The van der Waals surface area contributed by atoms with Gasteiger partial charge in [-0.15, -0.1) is 0 Å². The van der Waals surface area contributed by atoms with Gasteiger partial charge in [0.1, 0.15) is 29.8 Å². The first-order valence-corrected chi connectivity index (χ1v) is 22.8. The fourth-order valence-electron chi connectivity index (χ4n) is 9.47. The summed E-state index contributed by atoms with van der Waals surface area (Å²) < 4.78 is 15.8. The average molecular weight is 909 g/mol. The highest BCUT2D eigenvalue weighted by Gasteiger charge is 2.55. The highest BCUT2D eigenvalue weighted by molar-refractivity contribution is 5.91. The van der Waals surface area contributed by atoms with Gasteiger partial charge >= 0.3 is 12.2 Å². The second kappa shape index (κ2) is 18.5. The third kappa shape index (κ3) is 9.40. The summed E-state index contributed by atoms with van der Waals surface area (Å²) in [6, 6.07) is 18.8. The third-order valence-corrected chi connectivity index (χ3v) is 13.4. The highest BCUT2D eigenvalue weighted by atomic mass is 16.5. The van der Waals surface area contributed by atoms with Crippen LogP contribution in [0.2, 0.25) is 0 Å². The van der Waals surface area contributed by atoms with E-state index in [2.05, 4.69) is 79.1 Å². The first kappa shape index (κ1) is 44.9. The van der Waals surface area contributed by atoms with Crippen LogP contribution in [-0.4, -0.2) is 109 Å². The summed E-state index contributed by atoms with van der Waals surface area (Å²) in [6.45, 7) is 8.49. The second-order valence-corrected chi connectivity index (χ2v) is 18.6. The molecule has 17 heteroatoms. The Hall–Kier alpha value is -7.30. The smallest absolute Gasteiger partial charge is 0.407 e. The SMILES string of the molecule is COC(=O)NC(C(=O)N1CC2(CC2)C[C@H]1c1ncc(-c2ccc3cc(-c4ccc(-c5cnc([C@@H]6C[C@H](Oc7cnccn7)CN6C(=O)[C@@H](NC(=O)OC)C(C)C)[nH]5)cc4)ccc3c2)[nH]1)C(C)C. The number of hydrogen-bond acceptors (Lipinski definition) is 11. The maximum atomic E-state index is 14.1. The van der Waals surface area contributed by atoms with Gasteiger partial charge in [-0.1, -0.05) is 76.2 Å². The van der Waals surface area contributed by atoms with Crippen LogP contribution in [0.25, 0.3) is 44.4 Å². The van der Waals surface area contributed by atoms with E-state index in [0.717, 1.165) is 69.5 Å². The van der Waals surface area contributed by atoms with E-state index in [-0.39, 0.29) is 47.8 Å². The maximum absolute atomic E-state index is 14.1. The van der Waals surface area contributed by atoms with E-state index in [4.69, 9.17) is 24.2 Å². The Morgan fingerprint density at radius 2 is 1.22 bits per heavy atom. The van der Waals surface area contributed by atoms with Gasteiger partial charge in [-0.3, -0.25) is 14.6 Å². The maximum Gasteiger partial charge on any atom is 0.407 e. The number of aromatic amines is 2. The van der Waals surface area contributed by atoms with E-state index < -0.39 is 30.3 Å². The van der Waals surface area contributed by atoms with Crippen LogP contribution >= 0.6 is 0 Å². The first-order valence-electron chi connectivity index (χ1n) is 22.8. The van der Waals surface area contributed by atoms with Crippen molar-refractivity contribution in [1.29, 1.82) is 0 Å². The van der Waals surface area contributed by atoms with Crippen LogP contribution in [0.15, 0.2) is 91.6 Å². The number of nitrogens with zero attached hydrogens (tertiary/aromatic N) is 6. The van der Waals surface area contributed by atoms with Crippen molar-refractivity contribution in [3.05, 3.63) is 103 Å². The Morgan fingerprint density at radius 1 is 0.672 bits per heavy atom. The van der Waals surface area contributed by atoms with Crippen LogP contribution in [0.5, 0.6) is 5.88 Å². The van der Waals surface area contributed by atoms with Crippen molar-refractivity contribution < 1.29 is 33.4 Å². The van der Waals surface area contributed by atoms with Gasteiger partial charge in [0.05, 0.1) is 62.8 Å². The van der Waals surface area contributed by atoms with Crippen molar-refractivity contribution in [3.8, 4) is 39.5 Å². The molecule has 2 saturated heterocycles. The Morgan fingerprint density at radius 3 is 1.81 bits per heavy atom. The summed E-state index contributed by atoms with van der Waals surface area (Å²) in [5.74, 6) is 1.00. The number of aromatic nitrogens is 6. The van der Waals surface area contributed by atoms with Gasteiger partial charge in [0.15, 0.2) is 0 Å². The zero-order chi connectivity index (χ0) is 47.0. The Bertz CT molecular complexity index is 2770. The summed E-state index contributed by atoms with van der Waals surface area (Å²) in [4.78, 5) is 81.0. The Labute approximate surface area is 388 Å². The summed E-state index contributed by atoms with van der Waals surface area (Å²) in [5, 5.41) is 7.62. The van der Waals surface area contributed by atoms with E-state index in [0.29, 0.717) is 24.7 Å². The molecule has 3 aromatic carbocycles.